The average molecular weight is 557 g/mol. The number of para-hydroxylation sites is 1. The summed E-state index contributed by atoms with van der Waals surface area (Å²) in [5, 5.41) is 6.14. The number of nitrogens with one attached hydrogen (secondary N) is 2. The van der Waals surface area contributed by atoms with Gasteiger partial charge in [0.15, 0.2) is 0 Å². The maximum Gasteiger partial charge on any atom is 0.262 e. The minimum atomic E-state index is -0.427. The lowest BCUT2D eigenvalue weighted by Crippen LogP contribution is -2.44. The number of nitrogens with zero attached hydrogens (tertiary/aromatic N) is 4. The van der Waals surface area contributed by atoms with Crippen LogP contribution in [0.4, 0.5) is 27.4 Å². The van der Waals surface area contributed by atoms with E-state index in [9.17, 15) is 9.18 Å². The molecule has 2 N–H and O–H groups in total. The van der Waals surface area contributed by atoms with Crippen molar-refractivity contribution in [3.8, 4) is 17.4 Å². The van der Waals surface area contributed by atoms with Crippen LogP contribution in [0.3, 0.4) is 0 Å². The fraction of sp³-hybridized carbons (Fsp3) is 0.258. The Morgan fingerprint density at radius 2 is 1.68 bits per heavy atom. The Labute approximate surface area is 238 Å². The van der Waals surface area contributed by atoms with Gasteiger partial charge in [0.2, 0.25) is 11.8 Å². The normalized spacial score (nSPS) is 13.5. The van der Waals surface area contributed by atoms with E-state index in [1.807, 2.05) is 50.2 Å². The number of benzene rings is 3. The molecule has 41 heavy (non-hydrogen) atoms. The summed E-state index contributed by atoms with van der Waals surface area (Å²) in [6, 6.07) is 17.1. The van der Waals surface area contributed by atoms with E-state index in [-0.39, 0.29) is 17.4 Å². The molecule has 1 amide bonds. The number of piperazine rings is 1. The summed E-state index contributed by atoms with van der Waals surface area (Å²) in [7, 11) is 3.77. The molecule has 1 fully saturated rings. The quantitative estimate of drug-likeness (QED) is 0.282. The highest BCUT2D eigenvalue weighted by Crippen LogP contribution is 2.33. The molecule has 1 aromatic heterocycles. The first-order chi connectivity index (χ1) is 19.8. The summed E-state index contributed by atoms with van der Waals surface area (Å²) in [6.07, 6.45) is 1.41. The first kappa shape index (κ1) is 27.9. The van der Waals surface area contributed by atoms with Crippen molar-refractivity contribution in [2.24, 2.45) is 0 Å². The van der Waals surface area contributed by atoms with E-state index < -0.39 is 11.7 Å². The second-order valence-corrected chi connectivity index (χ2v) is 9.99. The number of aromatic nitrogens is 2. The molecule has 10 heteroatoms. The van der Waals surface area contributed by atoms with Crippen LogP contribution in [0.1, 0.15) is 21.5 Å². The van der Waals surface area contributed by atoms with Crippen molar-refractivity contribution < 1.29 is 18.7 Å². The number of aryl methyl sites for hydroxylation is 2. The molecule has 3 aromatic carbocycles. The number of carbonyl (C=O) groups is 1. The summed E-state index contributed by atoms with van der Waals surface area (Å²) in [5.74, 6) is 0.481. The second kappa shape index (κ2) is 12.2. The summed E-state index contributed by atoms with van der Waals surface area (Å²) in [6.45, 7) is 7.64. The number of rotatable bonds is 8. The predicted molar refractivity (Wildman–Crippen MR) is 158 cm³/mol. The lowest BCUT2D eigenvalue weighted by atomic mass is 10.1. The summed E-state index contributed by atoms with van der Waals surface area (Å²) in [4.78, 5) is 26.9. The number of hydrogen-bond acceptors (Lipinski definition) is 8. The van der Waals surface area contributed by atoms with Gasteiger partial charge in [-0.25, -0.2) is 9.37 Å². The van der Waals surface area contributed by atoms with Gasteiger partial charge in [0, 0.05) is 49.8 Å². The molecule has 2 heterocycles. The number of hydrogen-bond donors (Lipinski definition) is 2. The number of anilines is 4. The molecule has 1 aliphatic heterocycles. The monoisotopic (exact) mass is 556 g/mol. The SMILES string of the molecule is COc1cc(Nc2ncc(C(=O)Nc3c(C)cccc3C)c(Oc3ccc(F)cc3)n2)ccc1N1CCN(C)CC1. The van der Waals surface area contributed by atoms with Crippen LogP contribution in [-0.4, -0.2) is 61.1 Å². The van der Waals surface area contributed by atoms with Crippen molar-refractivity contribution >= 4 is 28.9 Å². The van der Waals surface area contributed by atoms with E-state index in [1.165, 1.54) is 30.5 Å². The van der Waals surface area contributed by atoms with Gasteiger partial charge in [0.25, 0.3) is 5.91 Å². The first-order valence-electron chi connectivity index (χ1n) is 13.4. The molecule has 9 nitrogen and oxygen atoms in total. The number of halogens is 1. The van der Waals surface area contributed by atoms with E-state index in [2.05, 4.69) is 37.4 Å². The molecule has 0 aliphatic carbocycles. The smallest absolute Gasteiger partial charge is 0.262 e. The fourth-order valence-electron chi connectivity index (χ4n) is 4.66. The number of amides is 1. The van der Waals surface area contributed by atoms with Gasteiger partial charge in [0.1, 0.15) is 22.9 Å². The lowest BCUT2D eigenvalue weighted by Gasteiger charge is -2.34. The predicted octanol–water partition coefficient (Wildman–Crippen LogP) is 5.78. The third-order valence-corrected chi connectivity index (χ3v) is 7.03. The molecule has 5 rings (SSSR count). The van der Waals surface area contributed by atoms with Crippen LogP contribution in [0, 0.1) is 19.7 Å². The van der Waals surface area contributed by atoms with Gasteiger partial charge in [0.05, 0.1) is 12.8 Å². The molecular weight excluding hydrogens is 523 g/mol. The third kappa shape index (κ3) is 6.55. The van der Waals surface area contributed by atoms with Crippen LogP contribution in [0.5, 0.6) is 17.4 Å². The summed E-state index contributed by atoms with van der Waals surface area (Å²) < 4.78 is 25.2. The van der Waals surface area contributed by atoms with Gasteiger partial charge in [-0.3, -0.25) is 4.79 Å². The van der Waals surface area contributed by atoms with E-state index in [0.29, 0.717) is 17.1 Å². The number of carbonyl (C=O) groups excluding carboxylic acids is 1. The van der Waals surface area contributed by atoms with Gasteiger partial charge in [-0.1, -0.05) is 18.2 Å². The van der Waals surface area contributed by atoms with Crippen molar-refractivity contribution in [2.75, 3.05) is 55.9 Å². The fourth-order valence-corrected chi connectivity index (χ4v) is 4.66. The number of likely N-dealkylation sites (N-methyl/N-ethyl adjacent to an activating group) is 1. The van der Waals surface area contributed by atoms with Crippen molar-refractivity contribution in [3.05, 3.63) is 89.4 Å². The molecule has 0 bridgehead atoms. The standard InChI is InChI=1S/C31H33FN6O3/c1-20-6-5-7-21(2)28(20)35-29(39)25-19-33-31(36-30(25)41-24-11-8-22(32)9-12-24)34-23-10-13-26(27(18-23)40-4)38-16-14-37(3)15-17-38/h5-13,18-19H,14-17H2,1-4H3,(H,35,39)(H,33,34,36). The van der Waals surface area contributed by atoms with Crippen LogP contribution in [0.25, 0.3) is 0 Å². The molecule has 1 aliphatic rings. The topological polar surface area (TPSA) is 91.8 Å². The zero-order valence-corrected chi connectivity index (χ0v) is 23.6. The van der Waals surface area contributed by atoms with Gasteiger partial charge >= 0.3 is 0 Å². The lowest BCUT2D eigenvalue weighted by molar-refractivity contribution is 0.102. The van der Waals surface area contributed by atoms with Crippen LogP contribution in [0.15, 0.2) is 66.9 Å². The van der Waals surface area contributed by atoms with Gasteiger partial charge in [-0.15, -0.1) is 0 Å². The Kier molecular flexibility index (Phi) is 8.30. The summed E-state index contributed by atoms with van der Waals surface area (Å²) in [5.41, 5.74) is 4.41. The molecule has 0 radical (unpaired) electrons. The molecule has 0 saturated carbocycles. The van der Waals surface area contributed by atoms with Crippen molar-refractivity contribution in [1.29, 1.82) is 0 Å². The number of methoxy groups -OCH3 is 1. The van der Waals surface area contributed by atoms with Crippen LogP contribution in [-0.2, 0) is 0 Å². The van der Waals surface area contributed by atoms with Gasteiger partial charge in [-0.05, 0) is 68.4 Å². The molecule has 0 unspecified atom stereocenters. The van der Waals surface area contributed by atoms with Crippen molar-refractivity contribution in [3.63, 3.8) is 0 Å². The number of ether oxygens (including phenoxy) is 2. The Morgan fingerprint density at radius 3 is 2.37 bits per heavy atom. The zero-order valence-electron chi connectivity index (χ0n) is 23.6. The first-order valence-corrected chi connectivity index (χ1v) is 13.4. The molecular formula is C31H33FN6O3. The maximum absolute atomic E-state index is 13.5. The Balaban J connectivity index is 1.43. The largest absolute Gasteiger partial charge is 0.495 e. The molecule has 1 saturated heterocycles. The Bertz CT molecular complexity index is 1520. The Hall–Kier alpha value is -4.70. The summed E-state index contributed by atoms with van der Waals surface area (Å²) >= 11 is 0. The highest BCUT2D eigenvalue weighted by Gasteiger charge is 2.21. The van der Waals surface area contributed by atoms with Gasteiger partial charge in [-0.2, -0.15) is 4.98 Å². The minimum Gasteiger partial charge on any atom is -0.495 e. The maximum atomic E-state index is 13.5. The molecule has 212 valence electrons. The zero-order chi connectivity index (χ0) is 28.9. The molecule has 0 spiro atoms. The average Bonchev–Trinajstić information content (AvgIpc) is 2.97. The third-order valence-electron chi connectivity index (χ3n) is 7.03. The van der Waals surface area contributed by atoms with E-state index in [1.54, 1.807) is 7.11 Å². The highest BCUT2D eigenvalue weighted by atomic mass is 19.1. The molecule has 0 atom stereocenters. The van der Waals surface area contributed by atoms with E-state index >= 15 is 0 Å². The highest BCUT2D eigenvalue weighted by molar-refractivity contribution is 6.06. The van der Waals surface area contributed by atoms with Gasteiger partial charge < -0.3 is 29.9 Å². The van der Waals surface area contributed by atoms with Crippen molar-refractivity contribution in [1.82, 2.24) is 14.9 Å². The van der Waals surface area contributed by atoms with Crippen LogP contribution in [0.2, 0.25) is 0 Å². The van der Waals surface area contributed by atoms with E-state index in [0.717, 1.165) is 48.7 Å². The second-order valence-electron chi connectivity index (χ2n) is 9.99. The van der Waals surface area contributed by atoms with E-state index in [4.69, 9.17) is 9.47 Å². The molecule has 4 aromatic rings. The Morgan fingerprint density at radius 1 is 0.976 bits per heavy atom. The van der Waals surface area contributed by atoms with Crippen LogP contribution >= 0.6 is 0 Å². The van der Waals surface area contributed by atoms with Crippen molar-refractivity contribution in [2.45, 2.75) is 13.8 Å². The van der Waals surface area contributed by atoms with Crippen LogP contribution < -0.4 is 25.0 Å². The minimum absolute atomic E-state index is 0.0267.